The van der Waals surface area contributed by atoms with E-state index in [9.17, 15) is 0 Å². The molecule has 1 aromatic rings. The van der Waals surface area contributed by atoms with Crippen LogP contribution in [-0.4, -0.2) is 15.0 Å². The average Bonchev–Trinajstić information content (AvgIpc) is 2.84. The molecule has 1 aromatic heterocycles. The predicted octanol–water partition coefficient (Wildman–Crippen LogP) is 3.05. The molecule has 3 nitrogen and oxygen atoms in total. The van der Waals surface area contributed by atoms with Gasteiger partial charge < -0.3 is 0 Å². The van der Waals surface area contributed by atoms with Gasteiger partial charge in [0.15, 0.2) is 0 Å². The van der Waals surface area contributed by atoms with Crippen molar-refractivity contribution in [2.45, 2.75) is 57.4 Å². The van der Waals surface area contributed by atoms with Gasteiger partial charge in [0.1, 0.15) is 0 Å². The highest BCUT2D eigenvalue weighted by Crippen LogP contribution is 2.32. The molecule has 0 amide bonds. The fourth-order valence-corrected chi connectivity index (χ4v) is 2.62. The van der Waals surface area contributed by atoms with Gasteiger partial charge in [-0.15, -0.1) is 5.10 Å². The topological polar surface area (TPSA) is 30.7 Å². The Kier molecular flexibility index (Phi) is 2.77. The second-order valence-electron chi connectivity index (χ2n) is 5.06. The minimum Gasteiger partial charge on any atom is -0.248 e. The van der Waals surface area contributed by atoms with E-state index in [1.807, 2.05) is 4.68 Å². The maximum absolute atomic E-state index is 4.30. The van der Waals surface area contributed by atoms with Crippen LogP contribution in [0.2, 0.25) is 0 Å². The molecule has 2 aliphatic rings. The van der Waals surface area contributed by atoms with Crippen LogP contribution in [0.1, 0.15) is 56.6 Å². The molecule has 0 atom stereocenters. The Hall–Kier alpha value is -1.12. The van der Waals surface area contributed by atoms with E-state index in [1.54, 1.807) is 5.57 Å². The Bertz CT molecular complexity index is 380. The van der Waals surface area contributed by atoms with Gasteiger partial charge in [-0.2, -0.15) is 0 Å². The van der Waals surface area contributed by atoms with Crippen molar-refractivity contribution < 1.29 is 0 Å². The standard InChI is InChI=1S/C13H19N3/c1-2-7-12(6-1)13-10-16(15-14-13)9-8-11-4-3-5-11/h8,10,12H,1-7,9H2. The predicted molar refractivity (Wildman–Crippen MR) is 63.2 cm³/mol. The number of aromatic nitrogens is 3. The molecule has 0 N–H and O–H groups in total. The lowest BCUT2D eigenvalue weighted by Crippen LogP contribution is -2.01. The first kappa shape index (κ1) is 10.1. The molecule has 3 heteroatoms. The summed E-state index contributed by atoms with van der Waals surface area (Å²) in [5, 5.41) is 8.52. The van der Waals surface area contributed by atoms with Crippen LogP contribution >= 0.6 is 0 Å². The maximum atomic E-state index is 4.30. The third kappa shape index (κ3) is 2.04. The Balaban J connectivity index is 1.62. The number of nitrogens with zero attached hydrogens (tertiary/aromatic N) is 3. The highest BCUT2D eigenvalue weighted by molar-refractivity contribution is 5.10. The van der Waals surface area contributed by atoms with E-state index in [0.717, 1.165) is 6.54 Å². The van der Waals surface area contributed by atoms with Crippen molar-refractivity contribution >= 4 is 0 Å². The summed E-state index contributed by atoms with van der Waals surface area (Å²) in [6, 6.07) is 0. The fraction of sp³-hybridized carbons (Fsp3) is 0.692. The van der Waals surface area contributed by atoms with Crippen molar-refractivity contribution in [1.29, 1.82) is 0 Å². The third-order valence-electron chi connectivity index (χ3n) is 3.89. The number of allylic oxidation sites excluding steroid dienone is 2. The van der Waals surface area contributed by atoms with Crippen molar-refractivity contribution in [3.8, 4) is 0 Å². The minimum atomic E-state index is 0.685. The Morgan fingerprint density at radius 1 is 1.25 bits per heavy atom. The summed E-state index contributed by atoms with van der Waals surface area (Å²) in [6.45, 7) is 0.912. The zero-order valence-electron chi connectivity index (χ0n) is 9.73. The molecule has 0 bridgehead atoms. The van der Waals surface area contributed by atoms with Gasteiger partial charge >= 0.3 is 0 Å². The van der Waals surface area contributed by atoms with Gasteiger partial charge in [-0.25, -0.2) is 4.68 Å². The van der Waals surface area contributed by atoms with Crippen LogP contribution in [0.5, 0.6) is 0 Å². The lowest BCUT2D eigenvalue weighted by molar-refractivity contribution is 0.620. The molecule has 0 aromatic carbocycles. The fourth-order valence-electron chi connectivity index (χ4n) is 2.62. The molecule has 0 unspecified atom stereocenters. The van der Waals surface area contributed by atoms with Gasteiger partial charge in [0.2, 0.25) is 0 Å². The van der Waals surface area contributed by atoms with Crippen LogP contribution in [0.25, 0.3) is 0 Å². The highest BCUT2D eigenvalue weighted by atomic mass is 15.4. The van der Waals surface area contributed by atoms with Gasteiger partial charge in [-0.3, -0.25) is 0 Å². The lowest BCUT2D eigenvalue weighted by Gasteiger charge is -2.15. The van der Waals surface area contributed by atoms with E-state index in [4.69, 9.17) is 0 Å². The van der Waals surface area contributed by atoms with Crippen LogP contribution < -0.4 is 0 Å². The first-order chi connectivity index (χ1) is 7.92. The van der Waals surface area contributed by atoms with E-state index >= 15 is 0 Å². The maximum Gasteiger partial charge on any atom is 0.0858 e. The molecule has 86 valence electrons. The van der Waals surface area contributed by atoms with Crippen LogP contribution in [0, 0.1) is 0 Å². The van der Waals surface area contributed by atoms with Crippen molar-refractivity contribution in [3.05, 3.63) is 23.5 Å². The zero-order chi connectivity index (χ0) is 10.8. The molecular weight excluding hydrogens is 198 g/mol. The summed E-state index contributed by atoms with van der Waals surface area (Å²) in [5.41, 5.74) is 2.81. The summed E-state index contributed by atoms with van der Waals surface area (Å²) < 4.78 is 1.99. The Morgan fingerprint density at radius 3 is 2.75 bits per heavy atom. The molecule has 0 aliphatic heterocycles. The second-order valence-corrected chi connectivity index (χ2v) is 5.06. The Morgan fingerprint density at radius 2 is 2.06 bits per heavy atom. The van der Waals surface area contributed by atoms with E-state index in [2.05, 4.69) is 22.6 Å². The normalized spacial score (nSPS) is 21.1. The van der Waals surface area contributed by atoms with Crippen LogP contribution in [-0.2, 0) is 6.54 Å². The first-order valence-corrected chi connectivity index (χ1v) is 6.50. The smallest absolute Gasteiger partial charge is 0.0858 e. The molecular formula is C13H19N3. The minimum absolute atomic E-state index is 0.685. The SMILES string of the molecule is C(Cn1cc(C2CCCC2)nn1)=C1CCC1. The van der Waals surface area contributed by atoms with Crippen LogP contribution in [0.15, 0.2) is 17.8 Å². The third-order valence-corrected chi connectivity index (χ3v) is 3.89. The largest absolute Gasteiger partial charge is 0.248 e. The summed E-state index contributed by atoms with van der Waals surface area (Å²) >= 11 is 0. The summed E-state index contributed by atoms with van der Waals surface area (Å²) in [4.78, 5) is 0. The molecule has 2 fully saturated rings. The van der Waals surface area contributed by atoms with E-state index < -0.39 is 0 Å². The Labute approximate surface area is 96.5 Å². The number of hydrogen-bond acceptors (Lipinski definition) is 2. The van der Waals surface area contributed by atoms with Crippen molar-refractivity contribution in [2.75, 3.05) is 0 Å². The number of rotatable bonds is 3. The zero-order valence-corrected chi connectivity index (χ0v) is 9.73. The van der Waals surface area contributed by atoms with Gasteiger partial charge in [0.05, 0.1) is 12.2 Å². The van der Waals surface area contributed by atoms with Crippen molar-refractivity contribution in [2.24, 2.45) is 0 Å². The van der Waals surface area contributed by atoms with Crippen LogP contribution in [0.3, 0.4) is 0 Å². The van der Waals surface area contributed by atoms with E-state index in [0.29, 0.717) is 5.92 Å². The average molecular weight is 217 g/mol. The molecule has 0 spiro atoms. The van der Waals surface area contributed by atoms with Crippen LogP contribution in [0.4, 0.5) is 0 Å². The molecule has 3 rings (SSSR count). The molecule has 2 saturated carbocycles. The quantitative estimate of drug-likeness (QED) is 0.728. The van der Waals surface area contributed by atoms with E-state index in [1.165, 1.54) is 50.6 Å². The molecule has 16 heavy (non-hydrogen) atoms. The summed E-state index contributed by atoms with van der Waals surface area (Å²) in [5.74, 6) is 0.685. The monoisotopic (exact) mass is 217 g/mol. The van der Waals surface area contributed by atoms with Gasteiger partial charge in [-0.05, 0) is 32.1 Å². The number of hydrogen-bond donors (Lipinski definition) is 0. The molecule has 1 heterocycles. The van der Waals surface area contributed by atoms with Crippen molar-refractivity contribution in [1.82, 2.24) is 15.0 Å². The molecule has 0 radical (unpaired) electrons. The molecule has 0 saturated heterocycles. The van der Waals surface area contributed by atoms with Gasteiger partial charge in [0, 0.05) is 12.1 Å². The second kappa shape index (κ2) is 4.40. The van der Waals surface area contributed by atoms with E-state index in [-0.39, 0.29) is 0 Å². The highest BCUT2D eigenvalue weighted by Gasteiger charge is 2.19. The van der Waals surface area contributed by atoms with Crippen molar-refractivity contribution in [3.63, 3.8) is 0 Å². The summed E-state index contributed by atoms with van der Waals surface area (Å²) in [7, 11) is 0. The summed E-state index contributed by atoms with van der Waals surface area (Å²) in [6.07, 6.45) is 13.8. The van der Waals surface area contributed by atoms with Gasteiger partial charge in [-0.1, -0.05) is 29.7 Å². The molecule has 2 aliphatic carbocycles. The van der Waals surface area contributed by atoms with Gasteiger partial charge in [0.25, 0.3) is 0 Å². The lowest BCUT2D eigenvalue weighted by atomic mass is 9.92. The first-order valence-electron chi connectivity index (χ1n) is 6.50.